The minimum atomic E-state index is -4.04. The zero-order chi connectivity index (χ0) is 12.8. The molecule has 1 saturated heterocycles. The molecule has 6 nitrogen and oxygen atoms in total. The largest absolute Gasteiger partial charge is 0.440 e. The normalized spacial score (nSPS) is 18.7. The summed E-state index contributed by atoms with van der Waals surface area (Å²) in [4.78, 5) is 0. The second kappa shape index (κ2) is 5.04. The van der Waals surface area contributed by atoms with Gasteiger partial charge in [-0.25, -0.2) is 0 Å². The minimum absolute atomic E-state index is 0.410. The van der Waals surface area contributed by atoms with Gasteiger partial charge in [0, 0.05) is 13.4 Å². The first-order valence-electron chi connectivity index (χ1n) is 3.83. The van der Waals surface area contributed by atoms with Gasteiger partial charge in [0.15, 0.2) is 0 Å². The van der Waals surface area contributed by atoms with Gasteiger partial charge in [-0.1, -0.05) is 5.59 Å². The predicted molar refractivity (Wildman–Crippen MR) is 73.9 cm³/mol. The maximum atomic E-state index is 11.0. The van der Waals surface area contributed by atoms with Gasteiger partial charge in [0.1, 0.15) is 5.69 Å². The van der Waals surface area contributed by atoms with E-state index < -0.39 is 10.4 Å². The van der Waals surface area contributed by atoms with E-state index in [1.165, 1.54) is 0 Å². The van der Waals surface area contributed by atoms with E-state index in [9.17, 15) is 8.42 Å². The van der Waals surface area contributed by atoms with E-state index in [-0.39, 0.29) is 0 Å². The lowest BCUT2D eigenvalue weighted by Crippen LogP contribution is -2.28. The molecule has 1 N–H and O–H groups in total. The van der Waals surface area contributed by atoms with Gasteiger partial charge in [-0.15, -0.1) is 13.7 Å². The predicted octanol–water partition coefficient (Wildman–Crippen LogP) is 3.17. The van der Waals surface area contributed by atoms with Gasteiger partial charge < -0.3 is 0 Å². The summed E-state index contributed by atoms with van der Waals surface area (Å²) in [6.45, 7) is 0. The maximum Gasteiger partial charge on any atom is 0.440 e. The molecule has 0 aliphatic carbocycles. The molecule has 0 radical (unpaired) electrons. The average Bonchev–Trinajstić information content (AvgIpc) is 2.61. The highest BCUT2D eigenvalue weighted by atomic mass is 79.9. The molecule has 0 aromatic heterocycles. The first-order chi connectivity index (χ1) is 7.82. The van der Waals surface area contributed by atoms with E-state index in [1.54, 1.807) is 6.07 Å². The lowest BCUT2D eigenvalue weighted by molar-refractivity contribution is 0.198. The van der Waals surface area contributed by atoms with E-state index in [1.807, 2.05) is 0 Å². The van der Waals surface area contributed by atoms with Crippen LogP contribution in [-0.4, -0.2) is 8.42 Å². The number of hydrogen-bond donors (Lipinski definition) is 1. The van der Waals surface area contributed by atoms with Gasteiger partial charge in [0.25, 0.3) is 0 Å². The molecule has 0 amide bonds. The Morgan fingerprint density at radius 2 is 1.76 bits per heavy atom. The van der Waals surface area contributed by atoms with Crippen molar-refractivity contribution < 1.29 is 17.0 Å². The summed E-state index contributed by atoms with van der Waals surface area (Å²) in [5, 5.41) is 0.876. The first kappa shape index (κ1) is 14.2. The molecule has 1 aromatic carbocycles. The molecule has 1 aliphatic rings. The van der Waals surface area contributed by atoms with Gasteiger partial charge in [-0.3, -0.25) is 0 Å². The molecule has 1 aliphatic heterocycles. The quantitative estimate of drug-likeness (QED) is 0.456. The zero-order valence-corrected chi connectivity index (χ0v) is 14.7. The highest BCUT2D eigenvalue weighted by Crippen LogP contribution is 2.43. The highest BCUT2D eigenvalue weighted by molar-refractivity contribution is 9.15. The SMILES string of the molecule is O=S1(=O)ONN(c2cc(Br)c(Br)c(Br)c2Br)O1. The summed E-state index contributed by atoms with van der Waals surface area (Å²) >= 11 is 13.3. The van der Waals surface area contributed by atoms with Crippen molar-refractivity contribution in [2.75, 3.05) is 5.17 Å². The number of halogens is 4. The van der Waals surface area contributed by atoms with E-state index >= 15 is 0 Å². The van der Waals surface area contributed by atoms with Crippen molar-refractivity contribution in [3.63, 3.8) is 0 Å². The molecule has 94 valence electrons. The third-order valence-corrected chi connectivity index (χ3v) is 6.94. The number of benzene rings is 1. The van der Waals surface area contributed by atoms with Crippen molar-refractivity contribution in [2.45, 2.75) is 0 Å². The third-order valence-electron chi connectivity index (χ3n) is 1.69. The number of nitrogens with one attached hydrogen (secondary N) is 1. The first-order valence-corrected chi connectivity index (χ1v) is 8.34. The van der Waals surface area contributed by atoms with Crippen LogP contribution in [0.4, 0.5) is 5.69 Å². The summed E-state index contributed by atoms with van der Waals surface area (Å²) < 4.78 is 33.5. The van der Waals surface area contributed by atoms with E-state index in [0.29, 0.717) is 19.1 Å². The van der Waals surface area contributed by atoms with Crippen LogP contribution in [0.25, 0.3) is 0 Å². The van der Waals surface area contributed by atoms with Crippen LogP contribution in [0.15, 0.2) is 24.0 Å². The van der Waals surface area contributed by atoms with Crippen LogP contribution < -0.4 is 10.8 Å². The molecule has 0 atom stereocenters. The van der Waals surface area contributed by atoms with Crippen molar-refractivity contribution in [1.82, 2.24) is 5.59 Å². The molecule has 0 spiro atoms. The highest BCUT2D eigenvalue weighted by Gasteiger charge is 2.31. The summed E-state index contributed by atoms with van der Waals surface area (Å²) in [6, 6.07) is 1.64. The van der Waals surface area contributed by atoms with Gasteiger partial charge in [0.05, 0.1) is 4.47 Å². The van der Waals surface area contributed by atoms with E-state index in [0.717, 1.165) is 9.64 Å². The van der Waals surface area contributed by atoms with Crippen LogP contribution in [0, 0.1) is 0 Å². The monoisotopic (exact) mass is 514 g/mol. The number of rotatable bonds is 1. The minimum Gasteiger partial charge on any atom is -0.165 e. The van der Waals surface area contributed by atoms with E-state index in [2.05, 4.69) is 77.9 Å². The summed E-state index contributed by atoms with van der Waals surface area (Å²) in [5.41, 5.74) is 2.52. The van der Waals surface area contributed by atoms with Crippen molar-refractivity contribution in [1.29, 1.82) is 0 Å². The fraction of sp³-hybridized carbons (Fsp3) is 0. The van der Waals surface area contributed by atoms with Crippen LogP contribution in [0.3, 0.4) is 0 Å². The molecule has 2 rings (SSSR count). The van der Waals surface area contributed by atoms with Gasteiger partial charge in [-0.05, 0) is 69.8 Å². The third kappa shape index (κ3) is 2.86. The van der Waals surface area contributed by atoms with Gasteiger partial charge >= 0.3 is 10.4 Å². The van der Waals surface area contributed by atoms with Crippen molar-refractivity contribution >= 4 is 79.8 Å². The van der Waals surface area contributed by atoms with Crippen LogP contribution in [0.1, 0.15) is 0 Å². The molecule has 0 saturated carbocycles. The smallest absolute Gasteiger partial charge is 0.165 e. The lowest BCUT2D eigenvalue weighted by Gasteiger charge is -2.15. The molecule has 1 aromatic rings. The van der Waals surface area contributed by atoms with Gasteiger partial charge in [0.2, 0.25) is 0 Å². The Morgan fingerprint density at radius 1 is 1.12 bits per heavy atom. The molecular weight excluding hydrogens is 516 g/mol. The fourth-order valence-electron chi connectivity index (χ4n) is 0.999. The van der Waals surface area contributed by atoms with Crippen LogP contribution in [0.5, 0.6) is 0 Å². The molecule has 11 heteroatoms. The summed E-state index contributed by atoms with van der Waals surface area (Å²) in [6.07, 6.45) is 0. The number of hydrogen-bond acceptors (Lipinski definition) is 6. The molecule has 17 heavy (non-hydrogen) atoms. The maximum absolute atomic E-state index is 11.0. The Bertz CT molecular complexity index is 578. The summed E-state index contributed by atoms with van der Waals surface area (Å²) in [5.74, 6) is 0. The second-order valence-corrected chi connectivity index (χ2v) is 7.14. The molecule has 0 unspecified atom stereocenters. The molecule has 0 bridgehead atoms. The topological polar surface area (TPSA) is 67.9 Å². The Hall–Kier alpha value is 0.770. The molecule has 1 heterocycles. The Kier molecular flexibility index (Phi) is 4.20. The lowest BCUT2D eigenvalue weighted by atomic mass is 10.3. The van der Waals surface area contributed by atoms with Crippen molar-refractivity contribution in [3.05, 3.63) is 24.0 Å². The Labute approximate surface area is 130 Å². The fourth-order valence-corrected chi connectivity index (χ4v) is 3.63. The number of hydrazine groups is 1. The van der Waals surface area contributed by atoms with Crippen LogP contribution in [0.2, 0.25) is 0 Å². The van der Waals surface area contributed by atoms with Crippen molar-refractivity contribution in [3.8, 4) is 0 Å². The standard InChI is InChI=1S/C6H2Br4N2O4S/c7-2-1-3(5(9)6(10)4(2)8)12-11-15-17(13,14)16-12/h1,11H. The van der Waals surface area contributed by atoms with Crippen LogP contribution >= 0.6 is 63.7 Å². The summed E-state index contributed by atoms with van der Waals surface area (Å²) in [7, 11) is -4.04. The number of nitrogens with zero attached hydrogens (tertiary/aromatic N) is 1. The van der Waals surface area contributed by atoms with E-state index in [4.69, 9.17) is 0 Å². The second-order valence-electron chi connectivity index (χ2n) is 2.77. The number of anilines is 1. The van der Waals surface area contributed by atoms with Gasteiger partial charge in [-0.2, -0.15) is 8.42 Å². The van der Waals surface area contributed by atoms with Crippen LogP contribution in [-0.2, 0) is 19.0 Å². The Morgan fingerprint density at radius 3 is 2.29 bits per heavy atom. The van der Waals surface area contributed by atoms with Crippen molar-refractivity contribution in [2.24, 2.45) is 0 Å². The Balaban J connectivity index is 2.48. The average molecular weight is 518 g/mol. The molecule has 1 fully saturated rings. The zero-order valence-electron chi connectivity index (χ0n) is 7.58. The molecular formula is C6H2Br4N2O4S.